The Kier molecular flexibility index (Phi) is 7.91. The number of rotatable bonds is 6. The molecule has 0 atom stereocenters. The van der Waals surface area contributed by atoms with E-state index in [2.05, 4.69) is 250 Å². The van der Waals surface area contributed by atoms with Crippen LogP contribution in [0, 0.1) is 0 Å². The molecule has 13 aromatic rings. The van der Waals surface area contributed by atoms with E-state index in [1.807, 2.05) is 0 Å². The van der Waals surface area contributed by atoms with Crippen molar-refractivity contribution in [3.63, 3.8) is 0 Å². The van der Waals surface area contributed by atoms with Gasteiger partial charge in [0, 0.05) is 49.4 Å². The molecule has 0 saturated heterocycles. The van der Waals surface area contributed by atoms with Gasteiger partial charge in [-0.25, -0.2) is 0 Å². The van der Waals surface area contributed by atoms with Gasteiger partial charge in [0.2, 0.25) is 0 Å². The molecule has 0 amide bonds. The molecular weight excluding hydrogens is 763 g/mol. The minimum atomic E-state index is 1.14. The summed E-state index contributed by atoms with van der Waals surface area (Å²) in [6, 6.07) is 86.3. The van der Waals surface area contributed by atoms with Crippen molar-refractivity contribution in [2.75, 3.05) is 0 Å². The van der Waals surface area contributed by atoms with Gasteiger partial charge < -0.3 is 13.7 Å². The van der Waals surface area contributed by atoms with E-state index < -0.39 is 0 Å². The Hall–Kier alpha value is -8.40. The number of fused-ring (bicyclic) bond motifs is 9. The average Bonchev–Trinajstić information content (AvgIpc) is 4.00. The molecule has 3 heterocycles. The van der Waals surface area contributed by atoms with E-state index in [0.29, 0.717) is 0 Å². The van der Waals surface area contributed by atoms with Crippen molar-refractivity contribution in [3.8, 4) is 50.4 Å². The third-order valence-electron chi connectivity index (χ3n) is 13.1. The van der Waals surface area contributed by atoms with Gasteiger partial charge in [-0.3, -0.25) is 0 Å². The molecule has 0 N–H and O–H groups in total. The number of hydrogen-bond acceptors (Lipinski definition) is 0. The van der Waals surface area contributed by atoms with E-state index in [9.17, 15) is 0 Å². The van der Waals surface area contributed by atoms with Crippen LogP contribution in [0.1, 0.15) is 0 Å². The zero-order valence-electron chi connectivity index (χ0n) is 34.4. The van der Waals surface area contributed by atoms with Crippen molar-refractivity contribution in [1.29, 1.82) is 0 Å². The average molecular weight is 802 g/mol. The molecule has 3 aromatic heterocycles. The van der Waals surface area contributed by atoms with E-state index in [1.165, 1.54) is 98.8 Å². The second kappa shape index (κ2) is 14.1. The minimum Gasteiger partial charge on any atom is -0.309 e. The summed E-state index contributed by atoms with van der Waals surface area (Å²) in [4.78, 5) is 0. The van der Waals surface area contributed by atoms with E-state index >= 15 is 0 Å². The standard InChI is InChI=1S/C60H39N3/c1-3-14-40(15-4-1)43-30-36-51-49-18-8-11-23-55(49)63(58(51)38-43)47-34-28-42(29-35-47)41-26-32-46(33-27-41)61-56-24-12-9-20-53(56)60-48(21-13-25-57(60)61)44-31-37-52-50-19-7-10-22-54(50)62(59(52)39-44)45-16-5-2-6-17-45/h1-39H. The topological polar surface area (TPSA) is 14.8 Å². The van der Waals surface area contributed by atoms with E-state index in [0.717, 1.165) is 17.1 Å². The summed E-state index contributed by atoms with van der Waals surface area (Å²) in [6.45, 7) is 0. The summed E-state index contributed by atoms with van der Waals surface area (Å²) in [5, 5.41) is 7.54. The third-order valence-corrected chi connectivity index (χ3v) is 13.1. The molecule has 0 spiro atoms. The number of para-hydroxylation sites is 4. The first-order valence-corrected chi connectivity index (χ1v) is 21.7. The first-order valence-electron chi connectivity index (χ1n) is 21.7. The molecule has 0 radical (unpaired) electrons. The Morgan fingerprint density at radius 2 is 0.587 bits per heavy atom. The highest BCUT2D eigenvalue weighted by molar-refractivity contribution is 6.17. The lowest BCUT2D eigenvalue weighted by atomic mass is 9.98. The zero-order chi connectivity index (χ0) is 41.4. The number of benzene rings is 10. The van der Waals surface area contributed by atoms with Crippen LogP contribution in [0.3, 0.4) is 0 Å². The van der Waals surface area contributed by atoms with Gasteiger partial charge in [0.1, 0.15) is 0 Å². The van der Waals surface area contributed by atoms with Gasteiger partial charge in [-0.1, -0.05) is 164 Å². The molecule has 10 aromatic carbocycles. The summed E-state index contributed by atoms with van der Waals surface area (Å²) in [5.41, 5.74) is 17.9. The molecule has 0 aliphatic carbocycles. The Bertz CT molecular complexity index is 3870. The Balaban J connectivity index is 0.891. The highest BCUT2D eigenvalue weighted by Gasteiger charge is 2.19. The van der Waals surface area contributed by atoms with Gasteiger partial charge in [-0.05, 0) is 106 Å². The van der Waals surface area contributed by atoms with Crippen LogP contribution in [0.25, 0.3) is 116 Å². The van der Waals surface area contributed by atoms with Crippen molar-refractivity contribution in [1.82, 2.24) is 13.7 Å². The highest BCUT2D eigenvalue weighted by Crippen LogP contribution is 2.42. The highest BCUT2D eigenvalue weighted by atomic mass is 15.0. The predicted molar refractivity (Wildman–Crippen MR) is 266 cm³/mol. The summed E-state index contributed by atoms with van der Waals surface area (Å²) >= 11 is 0. The Morgan fingerprint density at radius 1 is 0.206 bits per heavy atom. The fourth-order valence-electron chi connectivity index (χ4n) is 10.2. The van der Waals surface area contributed by atoms with Crippen LogP contribution in [0.2, 0.25) is 0 Å². The second-order valence-electron chi connectivity index (χ2n) is 16.5. The molecule has 0 bridgehead atoms. The van der Waals surface area contributed by atoms with Gasteiger partial charge in [0.05, 0.1) is 33.1 Å². The van der Waals surface area contributed by atoms with Gasteiger partial charge >= 0.3 is 0 Å². The van der Waals surface area contributed by atoms with Crippen LogP contribution in [0.5, 0.6) is 0 Å². The van der Waals surface area contributed by atoms with Crippen molar-refractivity contribution in [2.24, 2.45) is 0 Å². The molecule has 3 heteroatoms. The first kappa shape index (κ1) is 35.4. The van der Waals surface area contributed by atoms with Crippen LogP contribution in [-0.2, 0) is 0 Å². The maximum atomic E-state index is 2.42. The van der Waals surface area contributed by atoms with E-state index in [4.69, 9.17) is 0 Å². The number of aromatic nitrogens is 3. The maximum absolute atomic E-state index is 2.42. The quantitative estimate of drug-likeness (QED) is 0.159. The van der Waals surface area contributed by atoms with Gasteiger partial charge in [-0.15, -0.1) is 0 Å². The van der Waals surface area contributed by atoms with Crippen molar-refractivity contribution >= 4 is 65.4 Å². The van der Waals surface area contributed by atoms with Crippen molar-refractivity contribution < 1.29 is 0 Å². The lowest BCUT2D eigenvalue weighted by Gasteiger charge is -2.12. The molecule has 294 valence electrons. The fraction of sp³-hybridized carbons (Fsp3) is 0. The molecule has 0 unspecified atom stereocenters. The molecular formula is C60H39N3. The Morgan fingerprint density at radius 3 is 1.17 bits per heavy atom. The molecule has 13 rings (SSSR count). The lowest BCUT2D eigenvalue weighted by Crippen LogP contribution is -1.95. The molecule has 63 heavy (non-hydrogen) atoms. The summed E-state index contributed by atoms with van der Waals surface area (Å²) in [7, 11) is 0. The first-order chi connectivity index (χ1) is 31.3. The third kappa shape index (κ3) is 5.53. The van der Waals surface area contributed by atoms with E-state index in [-0.39, 0.29) is 0 Å². The summed E-state index contributed by atoms with van der Waals surface area (Å²) < 4.78 is 7.23. The summed E-state index contributed by atoms with van der Waals surface area (Å²) in [6.07, 6.45) is 0. The minimum absolute atomic E-state index is 1.14. The smallest absolute Gasteiger partial charge is 0.0547 e. The largest absolute Gasteiger partial charge is 0.309 e. The normalized spacial score (nSPS) is 11.8. The van der Waals surface area contributed by atoms with Gasteiger partial charge in [0.15, 0.2) is 0 Å². The van der Waals surface area contributed by atoms with Crippen LogP contribution in [-0.4, -0.2) is 13.7 Å². The number of nitrogens with zero attached hydrogens (tertiary/aromatic N) is 3. The van der Waals surface area contributed by atoms with E-state index in [1.54, 1.807) is 0 Å². The van der Waals surface area contributed by atoms with Gasteiger partial charge in [-0.2, -0.15) is 0 Å². The molecule has 0 fully saturated rings. The number of hydrogen-bond donors (Lipinski definition) is 0. The van der Waals surface area contributed by atoms with Crippen LogP contribution < -0.4 is 0 Å². The SMILES string of the molecule is c1ccc(-c2ccc3c4ccccc4n(-c4ccc(-c5ccc(-n6c7ccccc7c7c(-c8ccc9c%10ccccc%10n(-c%10ccccc%10)c9c8)cccc76)cc5)cc4)c3c2)cc1. The maximum Gasteiger partial charge on any atom is 0.0547 e. The predicted octanol–water partition coefficient (Wildman–Crippen LogP) is 16.0. The Labute approximate surface area is 364 Å². The van der Waals surface area contributed by atoms with Crippen LogP contribution in [0.4, 0.5) is 0 Å². The monoisotopic (exact) mass is 801 g/mol. The molecule has 3 nitrogen and oxygen atoms in total. The molecule has 0 aliphatic rings. The van der Waals surface area contributed by atoms with Crippen LogP contribution >= 0.6 is 0 Å². The lowest BCUT2D eigenvalue weighted by molar-refractivity contribution is 1.18. The second-order valence-corrected chi connectivity index (χ2v) is 16.5. The van der Waals surface area contributed by atoms with Gasteiger partial charge in [0.25, 0.3) is 0 Å². The molecule has 0 saturated carbocycles. The summed E-state index contributed by atoms with van der Waals surface area (Å²) in [5.74, 6) is 0. The van der Waals surface area contributed by atoms with Crippen LogP contribution in [0.15, 0.2) is 237 Å². The van der Waals surface area contributed by atoms with Crippen molar-refractivity contribution in [3.05, 3.63) is 237 Å². The zero-order valence-corrected chi connectivity index (χ0v) is 34.4. The molecule has 0 aliphatic heterocycles. The fourth-order valence-corrected chi connectivity index (χ4v) is 10.2. The van der Waals surface area contributed by atoms with Crippen molar-refractivity contribution in [2.45, 2.75) is 0 Å².